The van der Waals surface area contributed by atoms with Gasteiger partial charge in [0.25, 0.3) is 0 Å². The first-order valence-electron chi connectivity index (χ1n) is 22.4. The van der Waals surface area contributed by atoms with Crippen LogP contribution in [0.2, 0.25) is 0 Å². The van der Waals surface area contributed by atoms with Gasteiger partial charge in [-0.1, -0.05) is 144 Å². The van der Waals surface area contributed by atoms with Crippen LogP contribution in [0.1, 0.15) is 82.4 Å². The highest BCUT2D eigenvalue weighted by molar-refractivity contribution is 7.19. The number of para-hydroxylation sites is 2. The number of benzene rings is 7. The van der Waals surface area contributed by atoms with Crippen molar-refractivity contribution in [3.8, 4) is 22.3 Å². The van der Waals surface area contributed by atoms with E-state index in [0.717, 1.165) is 30.6 Å². The van der Waals surface area contributed by atoms with Crippen LogP contribution in [0.5, 0.6) is 0 Å². The summed E-state index contributed by atoms with van der Waals surface area (Å²) in [6.07, 6.45) is 5.62. The van der Waals surface area contributed by atoms with Crippen molar-refractivity contribution in [3.63, 3.8) is 0 Å². The Kier molecular flexibility index (Phi) is 11.0. The zero-order chi connectivity index (χ0) is 42.4. The molecule has 2 nitrogen and oxygen atoms in total. The molecule has 7 aromatic carbocycles. The molecule has 0 bridgehead atoms. The molecule has 0 N–H and O–H groups in total. The molecule has 1 atom stereocenters. The third kappa shape index (κ3) is 6.71. The molecule has 0 aliphatic heterocycles. The van der Waals surface area contributed by atoms with Crippen LogP contribution in [0.4, 0.5) is 17.1 Å². The highest BCUT2D eigenvalue weighted by Gasteiger charge is 2.25. The third-order valence-corrected chi connectivity index (χ3v) is 14.0. The van der Waals surface area contributed by atoms with Gasteiger partial charge in [0.1, 0.15) is 0 Å². The first kappa shape index (κ1) is 40.3. The van der Waals surface area contributed by atoms with Gasteiger partial charge in [-0.2, -0.15) is 0 Å². The molecule has 61 heavy (non-hydrogen) atoms. The average molecular weight is 813 g/mol. The van der Waals surface area contributed by atoms with E-state index >= 15 is 0 Å². The van der Waals surface area contributed by atoms with Crippen LogP contribution in [0.15, 0.2) is 157 Å². The lowest BCUT2D eigenvalue weighted by Gasteiger charge is -2.28. The van der Waals surface area contributed by atoms with E-state index in [2.05, 4.69) is 189 Å². The number of rotatable bonds is 7. The van der Waals surface area contributed by atoms with E-state index < -0.39 is 0 Å². The minimum absolute atomic E-state index is 0.467. The standard InChI is InChI=1S/C54H44N2S.2C2H6/c1-5-34(3)40-12-6-7-13-41(40)46-32-39(23-19-35(46)4)55(38-24-20-36(21-25-38)37-22-29-51-47(31-37)43-26-18-33(2)30-52(43)57-51)50-28-27-44-42-14-8-10-16-48(42)56-49-17-11-9-15-45(49)53(50)54(44)56;2*1-2/h6-25,27-29,31-32,34H,5,26,30H2,1-4H3;2*1-2H3. The van der Waals surface area contributed by atoms with Gasteiger partial charge in [-0.25, -0.2) is 0 Å². The van der Waals surface area contributed by atoms with Gasteiger partial charge in [-0.3, -0.25) is 0 Å². The maximum Gasteiger partial charge on any atom is 0.0641 e. The van der Waals surface area contributed by atoms with Gasteiger partial charge in [0.15, 0.2) is 0 Å². The molecule has 10 aromatic rings. The second-order valence-electron chi connectivity index (χ2n) is 16.1. The van der Waals surface area contributed by atoms with E-state index in [1.54, 1.807) is 0 Å². The van der Waals surface area contributed by atoms with Gasteiger partial charge in [-0.05, 0) is 132 Å². The molecule has 3 aromatic heterocycles. The molecule has 0 saturated heterocycles. The second kappa shape index (κ2) is 16.7. The van der Waals surface area contributed by atoms with E-state index in [1.165, 1.54) is 103 Å². The molecule has 0 saturated carbocycles. The number of fused-ring (bicyclic) bond motifs is 9. The normalized spacial score (nSPS) is 12.9. The Hall–Kier alpha value is -6.16. The van der Waals surface area contributed by atoms with E-state index in [1.807, 2.05) is 39.0 Å². The summed E-state index contributed by atoms with van der Waals surface area (Å²) in [6.45, 7) is 17.2. The minimum Gasteiger partial charge on any atom is -0.310 e. The van der Waals surface area contributed by atoms with Crippen LogP contribution in [0.25, 0.3) is 70.4 Å². The lowest BCUT2D eigenvalue weighted by molar-refractivity contribution is 0.735. The fourth-order valence-corrected chi connectivity index (χ4v) is 10.9. The Morgan fingerprint density at radius 1 is 0.623 bits per heavy atom. The number of aryl methyl sites for hydroxylation is 1. The van der Waals surface area contributed by atoms with Gasteiger partial charge >= 0.3 is 0 Å². The first-order chi connectivity index (χ1) is 30.0. The topological polar surface area (TPSA) is 7.65 Å². The summed E-state index contributed by atoms with van der Waals surface area (Å²) >= 11 is 1.97. The molecule has 0 spiro atoms. The fourth-order valence-electron chi connectivity index (χ4n) is 9.64. The molecule has 0 amide bonds. The summed E-state index contributed by atoms with van der Waals surface area (Å²) in [5.41, 5.74) is 18.1. The molecule has 11 rings (SSSR count). The SMILES string of the molecule is CC.CC.CCC(C)c1ccccc1-c1cc(N(c2ccc(-c3ccc4sc5c(c4c3)CC=C(C)C5)cc2)c2ccc3c4ccccc4n4c5ccccc5c2c34)ccc1C. The number of allylic oxidation sites excluding steroid dienone is 2. The van der Waals surface area contributed by atoms with Crippen molar-refractivity contribution in [1.82, 2.24) is 4.40 Å². The first-order valence-corrected chi connectivity index (χ1v) is 23.2. The van der Waals surface area contributed by atoms with Gasteiger partial charge in [0, 0.05) is 48.9 Å². The van der Waals surface area contributed by atoms with Crippen molar-refractivity contribution < 1.29 is 0 Å². The van der Waals surface area contributed by atoms with Crippen molar-refractivity contribution in [2.75, 3.05) is 4.90 Å². The van der Waals surface area contributed by atoms with E-state index in [-0.39, 0.29) is 0 Å². The van der Waals surface area contributed by atoms with Crippen LogP contribution in [0.3, 0.4) is 0 Å². The summed E-state index contributed by atoms with van der Waals surface area (Å²) < 4.78 is 3.88. The number of anilines is 3. The summed E-state index contributed by atoms with van der Waals surface area (Å²) in [5.74, 6) is 0.467. The lowest BCUT2D eigenvalue weighted by atomic mass is 9.88. The van der Waals surface area contributed by atoms with Gasteiger partial charge in [0.05, 0.1) is 22.2 Å². The molecule has 3 heterocycles. The number of aromatic nitrogens is 1. The Morgan fingerprint density at radius 2 is 1.30 bits per heavy atom. The summed E-state index contributed by atoms with van der Waals surface area (Å²) in [7, 11) is 0. The lowest BCUT2D eigenvalue weighted by Crippen LogP contribution is -2.11. The molecular weight excluding hydrogens is 757 g/mol. The van der Waals surface area contributed by atoms with E-state index in [9.17, 15) is 0 Å². The summed E-state index contributed by atoms with van der Waals surface area (Å²) in [6, 6.07) is 54.9. The average Bonchev–Trinajstić information content (AvgIpc) is 3.98. The van der Waals surface area contributed by atoms with Crippen molar-refractivity contribution in [3.05, 3.63) is 179 Å². The highest BCUT2D eigenvalue weighted by Crippen LogP contribution is 2.48. The molecule has 0 radical (unpaired) electrons. The maximum absolute atomic E-state index is 2.50. The molecule has 1 unspecified atom stereocenters. The number of hydrogen-bond acceptors (Lipinski definition) is 2. The van der Waals surface area contributed by atoms with Crippen LogP contribution in [-0.2, 0) is 12.8 Å². The van der Waals surface area contributed by atoms with Crippen molar-refractivity contribution in [1.29, 1.82) is 0 Å². The molecule has 1 aliphatic rings. The quantitative estimate of drug-likeness (QED) is 0.146. The predicted octanol–water partition coefficient (Wildman–Crippen LogP) is 17.8. The van der Waals surface area contributed by atoms with Crippen LogP contribution < -0.4 is 4.90 Å². The monoisotopic (exact) mass is 812 g/mol. The molecule has 1 aliphatic carbocycles. The highest BCUT2D eigenvalue weighted by atomic mass is 32.1. The van der Waals surface area contributed by atoms with Crippen LogP contribution in [-0.4, -0.2) is 4.40 Å². The number of hydrogen-bond donors (Lipinski definition) is 0. The zero-order valence-electron chi connectivity index (χ0n) is 36.9. The summed E-state index contributed by atoms with van der Waals surface area (Å²) in [4.78, 5) is 4.04. The fraction of sp³-hybridized carbons (Fsp3) is 0.207. The zero-order valence-corrected chi connectivity index (χ0v) is 37.8. The smallest absolute Gasteiger partial charge is 0.0641 e. The Bertz CT molecular complexity index is 3210. The Labute approximate surface area is 365 Å². The Morgan fingerprint density at radius 3 is 2.07 bits per heavy atom. The molecule has 0 fully saturated rings. The van der Waals surface area contributed by atoms with Crippen molar-refractivity contribution in [2.45, 2.75) is 80.6 Å². The van der Waals surface area contributed by atoms with Gasteiger partial charge in [-0.15, -0.1) is 11.3 Å². The third-order valence-electron chi connectivity index (χ3n) is 12.8. The van der Waals surface area contributed by atoms with E-state index in [4.69, 9.17) is 0 Å². The summed E-state index contributed by atoms with van der Waals surface area (Å²) in [5, 5.41) is 6.55. The number of nitrogens with zero attached hydrogens (tertiary/aromatic N) is 2. The van der Waals surface area contributed by atoms with Crippen LogP contribution >= 0.6 is 11.3 Å². The molecule has 304 valence electrons. The predicted molar refractivity (Wildman–Crippen MR) is 269 cm³/mol. The van der Waals surface area contributed by atoms with Gasteiger partial charge in [0.2, 0.25) is 0 Å². The Balaban J connectivity index is 0.00000116. The van der Waals surface area contributed by atoms with Crippen LogP contribution in [0, 0.1) is 6.92 Å². The minimum atomic E-state index is 0.467. The maximum atomic E-state index is 2.50. The number of thiophene rings is 1. The van der Waals surface area contributed by atoms with Crippen molar-refractivity contribution >= 4 is 76.6 Å². The van der Waals surface area contributed by atoms with Gasteiger partial charge < -0.3 is 9.30 Å². The van der Waals surface area contributed by atoms with Crippen molar-refractivity contribution in [2.24, 2.45) is 0 Å². The largest absolute Gasteiger partial charge is 0.310 e. The molecular formula is C58H56N2S. The second-order valence-corrected chi connectivity index (χ2v) is 17.3. The van der Waals surface area contributed by atoms with E-state index in [0.29, 0.717) is 5.92 Å². The molecule has 3 heteroatoms.